The molecule has 1 aromatic heterocycles. The molecule has 1 saturated carbocycles. The number of aromatic amines is 1. The number of hydrogen-bond donors (Lipinski definition) is 3. The molecule has 3 aromatic rings. The first kappa shape index (κ1) is 26.3. The average molecular weight is 519 g/mol. The van der Waals surface area contributed by atoms with E-state index in [1.54, 1.807) is 7.11 Å². The zero-order valence-electron chi connectivity index (χ0n) is 22.0. The molecule has 5 rings (SSSR count). The van der Waals surface area contributed by atoms with Crippen molar-refractivity contribution >= 4 is 22.9 Å². The first-order valence-corrected chi connectivity index (χ1v) is 13.7. The van der Waals surface area contributed by atoms with Crippen LogP contribution in [0.25, 0.3) is 10.9 Å². The number of methoxy groups -OCH3 is 1. The molecule has 3 atom stereocenters. The summed E-state index contributed by atoms with van der Waals surface area (Å²) in [4.78, 5) is 32.2. The van der Waals surface area contributed by atoms with Crippen LogP contribution in [0, 0.1) is 5.92 Å². The second kappa shape index (κ2) is 12.5. The number of carbonyl (C=O) groups excluding carboxylic acids is 2. The van der Waals surface area contributed by atoms with Gasteiger partial charge in [-0.2, -0.15) is 0 Å². The maximum Gasteiger partial charge on any atom is 0.407 e. The topological polar surface area (TPSA) is 95.7 Å². The standard InChI is InChI=1S/C30H38N4O4/c1-37-15-7-12-28(26-19-32-27-11-6-5-10-25(26)27)34(24-13-14-24)29(35)22-16-23(18-31-17-22)33-30(36)38-20-21-8-3-2-4-9-21/h2-6,8-11,19,22-24,28,31-32H,7,12-18,20H2,1H3,(H,33,36)/t22-,23+,28?/m0/s1. The molecule has 2 heterocycles. The number of nitrogens with one attached hydrogen (secondary N) is 3. The number of benzene rings is 2. The Bertz CT molecular complexity index is 1210. The molecule has 2 aromatic carbocycles. The number of hydrogen-bond acceptors (Lipinski definition) is 5. The summed E-state index contributed by atoms with van der Waals surface area (Å²) >= 11 is 0. The lowest BCUT2D eigenvalue weighted by Gasteiger charge is -2.38. The zero-order chi connectivity index (χ0) is 26.3. The highest BCUT2D eigenvalue weighted by atomic mass is 16.5. The van der Waals surface area contributed by atoms with Crippen LogP contribution < -0.4 is 10.6 Å². The van der Waals surface area contributed by atoms with Gasteiger partial charge >= 0.3 is 6.09 Å². The molecule has 2 fully saturated rings. The Kier molecular flexibility index (Phi) is 8.61. The molecule has 1 saturated heterocycles. The molecule has 202 valence electrons. The van der Waals surface area contributed by atoms with Gasteiger partial charge in [0.25, 0.3) is 0 Å². The number of aromatic nitrogens is 1. The Hall–Kier alpha value is -3.36. The summed E-state index contributed by atoms with van der Waals surface area (Å²) in [5.74, 6) is -0.0456. The van der Waals surface area contributed by atoms with Gasteiger partial charge in [0.2, 0.25) is 5.91 Å². The van der Waals surface area contributed by atoms with Crippen LogP contribution in [-0.4, -0.2) is 60.8 Å². The summed E-state index contributed by atoms with van der Waals surface area (Å²) in [7, 11) is 1.72. The van der Waals surface area contributed by atoms with Crippen LogP contribution in [0.4, 0.5) is 4.79 Å². The number of fused-ring (bicyclic) bond motifs is 1. The molecule has 2 amide bonds. The molecule has 1 aliphatic carbocycles. The van der Waals surface area contributed by atoms with Gasteiger partial charge in [-0.3, -0.25) is 4.79 Å². The van der Waals surface area contributed by atoms with E-state index < -0.39 is 6.09 Å². The van der Waals surface area contributed by atoms with E-state index in [2.05, 4.69) is 38.8 Å². The molecule has 1 unspecified atom stereocenters. The lowest BCUT2D eigenvalue weighted by molar-refractivity contribution is -0.140. The largest absolute Gasteiger partial charge is 0.445 e. The Morgan fingerprint density at radius 1 is 1.08 bits per heavy atom. The highest BCUT2D eigenvalue weighted by Crippen LogP contribution is 2.40. The summed E-state index contributed by atoms with van der Waals surface area (Å²) in [6, 6.07) is 18.0. The van der Waals surface area contributed by atoms with Gasteiger partial charge in [-0.25, -0.2) is 4.79 Å². The first-order valence-electron chi connectivity index (χ1n) is 13.7. The minimum Gasteiger partial charge on any atom is -0.445 e. The lowest BCUT2D eigenvalue weighted by atomic mass is 9.92. The molecule has 38 heavy (non-hydrogen) atoms. The number of H-pyrrole nitrogens is 1. The first-order chi connectivity index (χ1) is 18.6. The van der Waals surface area contributed by atoms with Gasteiger partial charge in [-0.05, 0) is 49.3 Å². The van der Waals surface area contributed by atoms with Crippen molar-refractivity contribution in [3.63, 3.8) is 0 Å². The quantitative estimate of drug-likeness (QED) is 0.324. The number of para-hydroxylation sites is 1. The van der Waals surface area contributed by atoms with Crippen LogP contribution in [-0.2, 0) is 20.9 Å². The van der Waals surface area contributed by atoms with Crippen LogP contribution in [0.3, 0.4) is 0 Å². The van der Waals surface area contributed by atoms with E-state index in [0.29, 0.717) is 26.1 Å². The Morgan fingerprint density at radius 2 is 1.87 bits per heavy atom. The Labute approximate surface area is 224 Å². The number of alkyl carbamates (subject to hydrolysis) is 1. The monoisotopic (exact) mass is 518 g/mol. The third-order valence-electron chi connectivity index (χ3n) is 7.57. The second-order valence-electron chi connectivity index (χ2n) is 10.4. The van der Waals surface area contributed by atoms with Gasteiger partial charge < -0.3 is 30.0 Å². The van der Waals surface area contributed by atoms with Crippen molar-refractivity contribution < 1.29 is 19.1 Å². The summed E-state index contributed by atoms with van der Waals surface area (Å²) in [5, 5.41) is 7.50. The van der Waals surface area contributed by atoms with Gasteiger partial charge in [-0.1, -0.05) is 48.5 Å². The molecule has 0 bridgehead atoms. The summed E-state index contributed by atoms with van der Waals surface area (Å²) < 4.78 is 10.8. The van der Waals surface area contributed by atoms with Crippen LogP contribution in [0.2, 0.25) is 0 Å². The molecular weight excluding hydrogens is 480 g/mol. The Morgan fingerprint density at radius 3 is 2.66 bits per heavy atom. The molecule has 8 nitrogen and oxygen atoms in total. The van der Waals surface area contributed by atoms with Crippen molar-refractivity contribution in [2.24, 2.45) is 5.92 Å². The van der Waals surface area contributed by atoms with Crippen molar-refractivity contribution in [2.45, 2.75) is 56.8 Å². The normalized spacial score (nSPS) is 20.1. The van der Waals surface area contributed by atoms with Crippen LogP contribution in [0.15, 0.2) is 60.8 Å². The zero-order valence-corrected chi connectivity index (χ0v) is 22.0. The summed E-state index contributed by atoms with van der Waals surface area (Å²) in [6.45, 7) is 2.11. The minimum atomic E-state index is -0.455. The average Bonchev–Trinajstić information content (AvgIpc) is 3.69. The molecule has 3 N–H and O–H groups in total. The van der Waals surface area contributed by atoms with Crippen molar-refractivity contribution in [1.29, 1.82) is 0 Å². The molecule has 0 spiro atoms. The van der Waals surface area contributed by atoms with Crippen molar-refractivity contribution in [2.75, 3.05) is 26.8 Å². The third-order valence-corrected chi connectivity index (χ3v) is 7.57. The van der Waals surface area contributed by atoms with E-state index in [1.165, 1.54) is 5.56 Å². The van der Waals surface area contributed by atoms with Gasteiger partial charge in [0.05, 0.1) is 12.0 Å². The van der Waals surface area contributed by atoms with E-state index in [0.717, 1.165) is 42.1 Å². The number of carbonyl (C=O) groups is 2. The minimum absolute atomic E-state index is 0.0227. The van der Waals surface area contributed by atoms with Crippen molar-refractivity contribution in [1.82, 2.24) is 20.5 Å². The number of rotatable bonds is 11. The number of amides is 2. The van der Waals surface area contributed by atoms with E-state index in [4.69, 9.17) is 9.47 Å². The SMILES string of the molecule is COCCCC(c1c[nH]c2ccccc12)N(C(=O)[C@@H]1CNC[C@H](NC(=O)OCc2ccccc2)C1)C1CC1. The van der Waals surface area contributed by atoms with E-state index >= 15 is 0 Å². The number of nitrogens with zero attached hydrogens (tertiary/aromatic N) is 1. The third kappa shape index (κ3) is 6.37. The van der Waals surface area contributed by atoms with E-state index in [9.17, 15) is 9.59 Å². The second-order valence-corrected chi connectivity index (χ2v) is 10.4. The highest BCUT2D eigenvalue weighted by Gasteiger charge is 2.42. The van der Waals surface area contributed by atoms with Crippen LogP contribution >= 0.6 is 0 Å². The van der Waals surface area contributed by atoms with E-state index in [1.807, 2.05) is 42.5 Å². The van der Waals surface area contributed by atoms with Crippen molar-refractivity contribution in [3.8, 4) is 0 Å². The lowest BCUT2D eigenvalue weighted by Crippen LogP contribution is -2.53. The van der Waals surface area contributed by atoms with Gasteiger partial charge in [0.15, 0.2) is 0 Å². The Balaban J connectivity index is 1.28. The molecule has 8 heteroatoms. The molecular formula is C30H38N4O4. The predicted molar refractivity (Wildman–Crippen MR) is 147 cm³/mol. The maximum absolute atomic E-state index is 14.1. The summed E-state index contributed by atoms with van der Waals surface area (Å²) in [6.07, 6.45) is 5.98. The maximum atomic E-state index is 14.1. The van der Waals surface area contributed by atoms with Crippen LogP contribution in [0.5, 0.6) is 0 Å². The predicted octanol–water partition coefficient (Wildman–Crippen LogP) is 4.53. The molecule has 1 aliphatic heterocycles. The van der Waals surface area contributed by atoms with Crippen molar-refractivity contribution in [3.05, 3.63) is 71.9 Å². The fraction of sp³-hybridized carbons (Fsp3) is 0.467. The van der Waals surface area contributed by atoms with Crippen LogP contribution in [0.1, 0.15) is 49.3 Å². The smallest absolute Gasteiger partial charge is 0.407 e. The number of ether oxygens (including phenoxy) is 2. The van der Waals surface area contributed by atoms with Gasteiger partial charge in [0.1, 0.15) is 6.61 Å². The molecule has 0 radical (unpaired) electrons. The van der Waals surface area contributed by atoms with E-state index in [-0.39, 0.29) is 36.6 Å². The highest BCUT2D eigenvalue weighted by molar-refractivity contribution is 5.85. The fourth-order valence-electron chi connectivity index (χ4n) is 5.56. The summed E-state index contributed by atoms with van der Waals surface area (Å²) in [5.41, 5.74) is 3.19. The van der Waals surface area contributed by atoms with Gasteiger partial charge in [0, 0.05) is 56.0 Å². The molecule has 2 aliphatic rings. The van der Waals surface area contributed by atoms with Gasteiger partial charge in [-0.15, -0.1) is 0 Å². The fourth-order valence-corrected chi connectivity index (χ4v) is 5.56. The number of piperidine rings is 1.